The lowest BCUT2D eigenvalue weighted by Crippen LogP contribution is -2.72. The van der Waals surface area contributed by atoms with Crippen molar-refractivity contribution in [1.29, 1.82) is 0 Å². The zero-order valence-corrected chi connectivity index (χ0v) is 14.5. The SMILES string of the molecule is CNC(=O)[C@H]1COC2(CN(Cc3cccs3)C2)CN1CC1CC1. The molecule has 1 aromatic heterocycles. The number of ether oxygens (including phenoxy) is 1. The summed E-state index contributed by atoms with van der Waals surface area (Å²) < 4.78 is 6.18. The highest BCUT2D eigenvalue weighted by Crippen LogP contribution is 2.36. The molecule has 1 spiro atoms. The fourth-order valence-electron chi connectivity index (χ4n) is 3.81. The monoisotopic (exact) mass is 335 g/mol. The van der Waals surface area contributed by atoms with E-state index in [0.29, 0.717) is 6.61 Å². The summed E-state index contributed by atoms with van der Waals surface area (Å²) in [5, 5.41) is 4.92. The zero-order chi connectivity index (χ0) is 15.9. The Morgan fingerprint density at radius 3 is 2.91 bits per heavy atom. The topological polar surface area (TPSA) is 44.8 Å². The highest BCUT2D eigenvalue weighted by atomic mass is 32.1. The van der Waals surface area contributed by atoms with E-state index < -0.39 is 0 Å². The third-order valence-electron chi connectivity index (χ3n) is 5.20. The molecule has 3 aliphatic rings. The van der Waals surface area contributed by atoms with Crippen molar-refractivity contribution in [2.75, 3.05) is 39.8 Å². The minimum absolute atomic E-state index is 0.0589. The van der Waals surface area contributed by atoms with Gasteiger partial charge in [-0.25, -0.2) is 0 Å². The number of likely N-dealkylation sites (tertiary alicyclic amines) is 1. The summed E-state index contributed by atoms with van der Waals surface area (Å²) in [4.78, 5) is 18.4. The van der Waals surface area contributed by atoms with Gasteiger partial charge in [-0.1, -0.05) is 6.07 Å². The highest BCUT2D eigenvalue weighted by Gasteiger charge is 2.50. The Kier molecular flexibility index (Phi) is 4.17. The highest BCUT2D eigenvalue weighted by molar-refractivity contribution is 7.09. The standard InChI is InChI=1S/C17H25N3O2S/c1-18-16(21)15-9-22-17(12-20(15)7-13-4-5-13)10-19(11-17)8-14-3-2-6-23-14/h2-3,6,13,15H,4-5,7-12H2,1H3,(H,18,21)/t15-/m1/s1. The number of carbonyl (C=O) groups excluding carboxylic acids is 1. The lowest BCUT2D eigenvalue weighted by atomic mass is 9.90. The minimum atomic E-state index is -0.113. The first-order valence-corrected chi connectivity index (χ1v) is 9.40. The molecule has 3 heterocycles. The van der Waals surface area contributed by atoms with E-state index in [9.17, 15) is 4.79 Å². The summed E-state index contributed by atoms with van der Waals surface area (Å²) in [6.07, 6.45) is 2.63. The van der Waals surface area contributed by atoms with Crippen LogP contribution < -0.4 is 5.32 Å². The number of likely N-dealkylation sites (N-methyl/N-ethyl adjacent to an activating group) is 1. The molecule has 1 aliphatic carbocycles. The fraction of sp³-hybridized carbons (Fsp3) is 0.706. The lowest BCUT2D eigenvalue weighted by Gasteiger charge is -2.55. The largest absolute Gasteiger partial charge is 0.369 e. The van der Waals surface area contributed by atoms with Crippen molar-refractivity contribution in [3.8, 4) is 0 Å². The molecule has 2 saturated heterocycles. The Morgan fingerprint density at radius 1 is 1.43 bits per heavy atom. The Bertz CT molecular complexity index is 552. The van der Waals surface area contributed by atoms with Crippen molar-refractivity contribution in [3.63, 3.8) is 0 Å². The van der Waals surface area contributed by atoms with Crippen LogP contribution in [0.3, 0.4) is 0 Å². The van der Waals surface area contributed by atoms with Crippen LogP contribution in [-0.2, 0) is 16.1 Å². The van der Waals surface area contributed by atoms with Gasteiger partial charge in [0, 0.05) is 44.6 Å². The first-order chi connectivity index (χ1) is 11.2. The van der Waals surface area contributed by atoms with Crippen LogP contribution in [-0.4, -0.2) is 67.2 Å². The Hall–Kier alpha value is -0.950. The molecule has 1 amide bonds. The molecule has 1 N–H and O–H groups in total. The zero-order valence-electron chi connectivity index (χ0n) is 13.7. The molecule has 2 aliphatic heterocycles. The number of rotatable bonds is 5. The number of hydrogen-bond acceptors (Lipinski definition) is 5. The summed E-state index contributed by atoms with van der Waals surface area (Å²) in [7, 11) is 1.72. The number of amides is 1. The molecule has 126 valence electrons. The van der Waals surface area contributed by atoms with E-state index in [1.54, 1.807) is 7.05 Å². The number of morpholine rings is 1. The molecule has 0 unspecified atom stereocenters. The third kappa shape index (κ3) is 3.31. The van der Waals surface area contributed by atoms with Crippen molar-refractivity contribution < 1.29 is 9.53 Å². The number of thiophene rings is 1. The van der Waals surface area contributed by atoms with E-state index >= 15 is 0 Å². The molecular formula is C17H25N3O2S. The van der Waals surface area contributed by atoms with E-state index in [0.717, 1.165) is 38.6 Å². The van der Waals surface area contributed by atoms with Gasteiger partial charge in [-0.2, -0.15) is 0 Å². The molecule has 23 heavy (non-hydrogen) atoms. The first-order valence-electron chi connectivity index (χ1n) is 8.52. The fourth-order valence-corrected chi connectivity index (χ4v) is 4.56. The maximum absolute atomic E-state index is 12.1. The average molecular weight is 335 g/mol. The van der Waals surface area contributed by atoms with Gasteiger partial charge >= 0.3 is 0 Å². The van der Waals surface area contributed by atoms with Crippen molar-refractivity contribution in [1.82, 2.24) is 15.1 Å². The van der Waals surface area contributed by atoms with Crippen LogP contribution in [0.15, 0.2) is 17.5 Å². The molecule has 0 aromatic carbocycles. The van der Waals surface area contributed by atoms with E-state index in [2.05, 4.69) is 32.6 Å². The maximum Gasteiger partial charge on any atom is 0.239 e. The van der Waals surface area contributed by atoms with Crippen LogP contribution in [0.5, 0.6) is 0 Å². The minimum Gasteiger partial charge on any atom is -0.369 e. The summed E-state index contributed by atoms with van der Waals surface area (Å²) >= 11 is 1.81. The van der Waals surface area contributed by atoms with E-state index in [1.165, 1.54) is 17.7 Å². The number of carbonyl (C=O) groups is 1. The predicted octanol–water partition coefficient (Wildman–Crippen LogP) is 1.16. The normalized spacial score (nSPS) is 27.8. The smallest absolute Gasteiger partial charge is 0.239 e. The van der Waals surface area contributed by atoms with E-state index in [4.69, 9.17) is 4.74 Å². The molecule has 1 aromatic rings. The second-order valence-electron chi connectivity index (χ2n) is 7.22. The van der Waals surface area contributed by atoms with Crippen LogP contribution in [0, 0.1) is 5.92 Å². The third-order valence-corrected chi connectivity index (χ3v) is 6.06. The molecule has 1 saturated carbocycles. The molecule has 6 heteroatoms. The summed E-state index contributed by atoms with van der Waals surface area (Å²) in [6.45, 7) is 5.44. The number of hydrogen-bond donors (Lipinski definition) is 1. The summed E-state index contributed by atoms with van der Waals surface area (Å²) in [5.74, 6) is 0.884. The Labute approximate surface area is 141 Å². The van der Waals surface area contributed by atoms with Gasteiger partial charge in [-0.05, 0) is 30.2 Å². The molecule has 3 fully saturated rings. The van der Waals surface area contributed by atoms with Gasteiger partial charge in [0.2, 0.25) is 5.91 Å². The van der Waals surface area contributed by atoms with Crippen LogP contribution in [0.25, 0.3) is 0 Å². The van der Waals surface area contributed by atoms with Crippen molar-refractivity contribution >= 4 is 17.2 Å². The van der Waals surface area contributed by atoms with Gasteiger partial charge < -0.3 is 10.1 Å². The molecule has 0 bridgehead atoms. The number of nitrogens with zero attached hydrogens (tertiary/aromatic N) is 2. The van der Waals surface area contributed by atoms with Crippen LogP contribution >= 0.6 is 11.3 Å². The predicted molar refractivity (Wildman–Crippen MR) is 90.4 cm³/mol. The number of nitrogens with one attached hydrogen (secondary N) is 1. The molecule has 4 rings (SSSR count). The van der Waals surface area contributed by atoms with Crippen molar-refractivity contribution in [2.24, 2.45) is 5.92 Å². The molecule has 0 radical (unpaired) electrons. The maximum atomic E-state index is 12.1. The molecule has 5 nitrogen and oxygen atoms in total. The van der Waals surface area contributed by atoms with E-state index in [1.807, 2.05) is 11.3 Å². The van der Waals surface area contributed by atoms with Gasteiger partial charge in [-0.15, -0.1) is 11.3 Å². The molecule has 1 atom stereocenters. The lowest BCUT2D eigenvalue weighted by molar-refractivity contribution is -0.202. The van der Waals surface area contributed by atoms with Gasteiger partial charge in [0.1, 0.15) is 11.6 Å². The Morgan fingerprint density at radius 2 is 2.26 bits per heavy atom. The second kappa shape index (κ2) is 6.16. The van der Waals surface area contributed by atoms with Crippen molar-refractivity contribution in [2.45, 2.75) is 31.0 Å². The van der Waals surface area contributed by atoms with Crippen molar-refractivity contribution in [3.05, 3.63) is 22.4 Å². The van der Waals surface area contributed by atoms with Gasteiger partial charge in [0.05, 0.1) is 6.61 Å². The van der Waals surface area contributed by atoms with Crippen LogP contribution in [0.2, 0.25) is 0 Å². The quantitative estimate of drug-likeness (QED) is 0.877. The van der Waals surface area contributed by atoms with Gasteiger partial charge in [0.15, 0.2) is 0 Å². The van der Waals surface area contributed by atoms with E-state index in [-0.39, 0.29) is 17.6 Å². The van der Waals surface area contributed by atoms with Crippen LogP contribution in [0.1, 0.15) is 17.7 Å². The van der Waals surface area contributed by atoms with Gasteiger partial charge in [-0.3, -0.25) is 14.6 Å². The first kappa shape index (κ1) is 15.6. The molecular weight excluding hydrogens is 310 g/mol. The van der Waals surface area contributed by atoms with Crippen LogP contribution in [0.4, 0.5) is 0 Å². The average Bonchev–Trinajstić information content (AvgIpc) is 3.18. The Balaban J connectivity index is 1.36. The van der Waals surface area contributed by atoms with Gasteiger partial charge in [0.25, 0.3) is 0 Å². The second-order valence-corrected chi connectivity index (χ2v) is 8.25. The summed E-state index contributed by atoms with van der Waals surface area (Å²) in [5.41, 5.74) is -0.0589. The summed E-state index contributed by atoms with van der Waals surface area (Å²) in [6, 6.07) is 4.19.